The average molecular weight is 436 g/mol. The van der Waals surface area contributed by atoms with E-state index < -0.39 is 0 Å². The predicted octanol–water partition coefficient (Wildman–Crippen LogP) is 7.72. The molecule has 4 aromatic rings. The molecular weight excluding hydrogens is 406 g/mol. The van der Waals surface area contributed by atoms with Crippen molar-refractivity contribution in [1.29, 1.82) is 0 Å². The summed E-state index contributed by atoms with van der Waals surface area (Å²) in [6, 6.07) is 14.2. The zero-order valence-corrected chi connectivity index (χ0v) is 19.7. The Bertz CT molecular complexity index is 985. The minimum atomic E-state index is 0.826. The Hall–Kier alpha value is -2.63. The lowest BCUT2D eigenvalue weighted by atomic mass is 10.1. The van der Waals surface area contributed by atoms with Crippen LogP contribution in [0.25, 0.3) is 22.0 Å². The van der Waals surface area contributed by atoms with Gasteiger partial charge in [-0.15, -0.1) is 22.7 Å². The van der Waals surface area contributed by atoms with Crippen LogP contribution in [0.4, 0.5) is 0 Å². The van der Waals surface area contributed by atoms with Gasteiger partial charge in [0.1, 0.15) is 0 Å². The van der Waals surface area contributed by atoms with E-state index in [2.05, 4.69) is 58.4 Å². The summed E-state index contributed by atoms with van der Waals surface area (Å²) in [4.78, 5) is 16.7. The Morgan fingerprint density at radius 3 is 2.10 bits per heavy atom. The van der Waals surface area contributed by atoms with Crippen molar-refractivity contribution in [2.45, 2.75) is 40.5 Å². The largest absolute Gasteiger partial charge is 0.256 e. The summed E-state index contributed by atoms with van der Waals surface area (Å²) in [7, 11) is 0. The van der Waals surface area contributed by atoms with Crippen molar-refractivity contribution in [3.63, 3.8) is 0 Å². The molecule has 4 heterocycles. The van der Waals surface area contributed by atoms with E-state index in [1.807, 2.05) is 50.4 Å². The minimum absolute atomic E-state index is 0.826. The third-order valence-corrected chi connectivity index (χ3v) is 6.43. The molecule has 3 nitrogen and oxygen atoms in total. The predicted molar refractivity (Wildman–Crippen MR) is 132 cm³/mol. The Balaban J connectivity index is 0.000000182. The van der Waals surface area contributed by atoms with E-state index >= 15 is 0 Å². The van der Waals surface area contributed by atoms with Crippen LogP contribution in [0.5, 0.6) is 0 Å². The Labute approximate surface area is 188 Å². The first kappa shape index (κ1) is 23.6. The van der Waals surface area contributed by atoms with Gasteiger partial charge in [0.2, 0.25) is 0 Å². The topological polar surface area (TPSA) is 38.7 Å². The van der Waals surface area contributed by atoms with E-state index in [0.29, 0.717) is 0 Å². The van der Waals surface area contributed by atoms with Gasteiger partial charge in [-0.05, 0) is 68.5 Å². The minimum Gasteiger partial charge on any atom is -0.256 e. The van der Waals surface area contributed by atoms with Gasteiger partial charge in [0, 0.05) is 33.9 Å². The lowest BCUT2D eigenvalue weighted by Gasteiger charge is -1.99. The van der Waals surface area contributed by atoms with Crippen LogP contribution in [-0.4, -0.2) is 15.0 Å². The fraction of sp³-hybridized carbons (Fsp3) is 0.240. The maximum absolute atomic E-state index is 4.34. The lowest BCUT2D eigenvalue weighted by Crippen LogP contribution is -1.83. The fourth-order valence-electron chi connectivity index (χ4n) is 2.48. The van der Waals surface area contributed by atoms with E-state index in [4.69, 9.17) is 0 Å². The van der Waals surface area contributed by atoms with E-state index in [1.165, 1.54) is 15.3 Å². The van der Waals surface area contributed by atoms with E-state index in [0.717, 1.165) is 29.2 Å². The summed E-state index contributed by atoms with van der Waals surface area (Å²) < 4.78 is 0. The van der Waals surface area contributed by atoms with Gasteiger partial charge in [-0.1, -0.05) is 32.1 Å². The maximum atomic E-state index is 4.34. The molecule has 0 aliphatic rings. The molecule has 0 saturated carbocycles. The molecule has 0 amide bonds. The summed E-state index contributed by atoms with van der Waals surface area (Å²) in [5, 5.41) is 2.13. The van der Waals surface area contributed by atoms with Gasteiger partial charge in [0.05, 0.1) is 10.6 Å². The first-order valence-corrected chi connectivity index (χ1v) is 11.8. The molecule has 0 N–H and O–H groups in total. The third kappa shape index (κ3) is 7.32. The third-order valence-electron chi connectivity index (χ3n) is 4.14. The van der Waals surface area contributed by atoms with Crippen molar-refractivity contribution in [1.82, 2.24) is 15.0 Å². The molecule has 0 aromatic carbocycles. The highest BCUT2D eigenvalue weighted by Crippen LogP contribution is 2.26. The molecule has 5 heteroatoms. The molecule has 0 unspecified atom stereocenters. The molecule has 30 heavy (non-hydrogen) atoms. The van der Waals surface area contributed by atoms with Crippen LogP contribution in [0.15, 0.2) is 78.6 Å². The normalized spacial score (nSPS) is 10.1. The highest BCUT2D eigenvalue weighted by Gasteiger charge is 2.04. The number of nitrogens with zero attached hydrogens (tertiary/aromatic N) is 3. The molecule has 0 aliphatic heterocycles. The number of rotatable bonds is 4. The zero-order chi connectivity index (χ0) is 21.6. The first-order valence-electron chi connectivity index (χ1n) is 10.1. The summed E-state index contributed by atoms with van der Waals surface area (Å²) >= 11 is 3.57. The smallest absolute Gasteiger partial charge is 0.169 e. The highest BCUT2D eigenvalue weighted by atomic mass is 32.1. The summed E-state index contributed by atoms with van der Waals surface area (Å²) in [6.45, 7) is 8.33. The molecule has 0 fully saturated rings. The van der Waals surface area contributed by atoms with Crippen LogP contribution < -0.4 is 0 Å². The molecule has 156 valence electrons. The maximum Gasteiger partial charge on any atom is 0.169 e. The second-order valence-electron chi connectivity index (χ2n) is 6.18. The second-order valence-corrected chi connectivity index (χ2v) is 8.35. The standard InChI is InChI=1S/C11H11NS.C10H10N2S.C4H8/c1-2-11-9(6-8-13-11)10-5-3-4-7-12-10;1-2-8-4-5-9(13-8)10-11-6-3-7-12-10;1-3-4-2/h3-8H,2H2,1H3;3-7H,2H2,1H3;3-4H,1-2H3. The van der Waals surface area contributed by atoms with Crippen molar-refractivity contribution < 1.29 is 0 Å². The number of thiophene rings is 2. The van der Waals surface area contributed by atoms with Gasteiger partial charge in [0.15, 0.2) is 5.82 Å². The van der Waals surface area contributed by atoms with Crippen molar-refractivity contribution in [3.8, 4) is 22.0 Å². The van der Waals surface area contributed by atoms with Crippen LogP contribution in [0, 0.1) is 0 Å². The van der Waals surface area contributed by atoms with Gasteiger partial charge in [-0.25, -0.2) is 9.97 Å². The molecule has 4 rings (SSSR count). The quantitative estimate of drug-likeness (QED) is 0.308. The van der Waals surface area contributed by atoms with Crippen LogP contribution in [0.3, 0.4) is 0 Å². The molecule has 0 radical (unpaired) electrons. The van der Waals surface area contributed by atoms with Crippen LogP contribution in [0.2, 0.25) is 0 Å². The number of aryl methyl sites for hydroxylation is 2. The van der Waals surface area contributed by atoms with Crippen LogP contribution in [-0.2, 0) is 12.8 Å². The van der Waals surface area contributed by atoms with E-state index in [1.54, 1.807) is 35.1 Å². The van der Waals surface area contributed by atoms with Crippen molar-refractivity contribution in [2.75, 3.05) is 0 Å². The molecule has 4 aromatic heterocycles. The monoisotopic (exact) mass is 435 g/mol. The summed E-state index contributed by atoms with van der Waals surface area (Å²) in [5.74, 6) is 0.826. The van der Waals surface area contributed by atoms with Crippen molar-refractivity contribution in [3.05, 3.63) is 88.3 Å². The summed E-state index contributed by atoms with van der Waals surface area (Å²) in [6.07, 6.45) is 11.6. The Morgan fingerprint density at radius 1 is 0.800 bits per heavy atom. The molecule has 0 bridgehead atoms. The Kier molecular flexibility index (Phi) is 10.7. The first-order chi connectivity index (χ1) is 14.7. The van der Waals surface area contributed by atoms with Crippen LogP contribution >= 0.6 is 22.7 Å². The number of pyridine rings is 1. The van der Waals surface area contributed by atoms with Crippen molar-refractivity contribution in [2.24, 2.45) is 0 Å². The molecular formula is C25H29N3S2. The van der Waals surface area contributed by atoms with Crippen molar-refractivity contribution >= 4 is 22.7 Å². The highest BCUT2D eigenvalue weighted by molar-refractivity contribution is 7.15. The average Bonchev–Trinajstić information content (AvgIpc) is 3.50. The number of allylic oxidation sites excluding steroid dienone is 2. The SMILES string of the molecule is CC=CC.CCc1ccc(-c2ncccn2)s1.CCc1sccc1-c1ccccn1. The second kappa shape index (κ2) is 13.6. The number of hydrogen-bond donors (Lipinski definition) is 0. The Morgan fingerprint density at radius 2 is 1.53 bits per heavy atom. The van der Waals surface area contributed by atoms with Crippen LogP contribution in [0.1, 0.15) is 37.4 Å². The van der Waals surface area contributed by atoms with E-state index in [-0.39, 0.29) is 0 Å². The lowest BCUT2D eigenvalue weighted by molar-refractivity contribution is 1.18. The van der Waals surface area contributed by atoms with Gasteiger partial charge < -0.3 is 0 Å². The number of aromatic nitrogens is 3. The molecule has 0 saturated heterocycles. The molecule has 0 aliphatic carbocycles. The molecule has 0 atom stereocenters. The summed E-state index contributed by atoms with van der Waals surface area (Å²) in [5.41, 5.74) is 2.37. The zero-order valence-electron chi connectivity index (χ0n) is 18.1. The van der Waals surface area contributed by atoms with Gasteiger partial charge in [0.25, 0.3) is 0 Å². The van der Waals surface area contributed by atoms with E-state index in [9.17, 15) is 0 Å². The number of hydrogen-bond acceptors (Lipinski definition) is 5. The van der Waals surface area contributed by atoms with Gasteiger partial charge in [-0.3, -0.25) is 4.98 Å². The van der Waals surface area contributed by atoms with Gasteiger partial charge in [-0.2, -0.15) is 0 Å². The molecule has 0 spiro atoms. The fourth-order valence-corrected chi connectivity index (χ4v) is 4.21. The van der Waals surface area contributed by atoms with Gasteiger partial charge >= 0.3 is 0 Å².